The molecule has 1 amide bonds. The number of halogens is 2. The van der Waals surface area contributed by atoms with Crippen molar-refractivity contribution in [2.45, 2.75) is 19.3 Å². The summed E-state index contributed by atoms with van der Waals surface area (Å²) >= 11 is 1.14. The molecule has 212 valence electrons. The van der Waals surface area contributed by atoms with E-state index in [0.29, 0.717) is 41.7 Å². The van der Waals surface area contributed by atoms with Crippen molar-refractivity contribution >= 4 is 32.2 Å². The van der Waals surface area contributed by atoms with Crippen molar-refractivity contribution in [1.29, 1.82) is 0 Å². The summed E-state index contributed by atoms with van der Waals surface area (Å²) in [6, 6.07) is 6.03. The van der Waals surface area contributed by atoms with Gasteiger partial charge in [0, 0.05) is 35.7 Å². The molecule has 9 nitrogen and oxygen atoms in total. The molecular weight excluding hydrogens is 572 g/mol. The Bertz CT molecular complexity index is 1690. The number of anilines is 1. The van der Waals surface area contributed by atoms with Gasteiger partial charge in [0.2, 0.25) is 5.13 Å². The molecule has 3 aromatic rings. The average molecular weight is 598 g/mol. The van der Waals surface area contributed by atoms with E-state index in [1.807, 2.05) is 4.90 Å². The molecule has 1 aliphatic heterocycles. The first-order valence-corrected chi connectivity index (χ1v) is 15.4. The first-order chi connectivity index (χ1) is 19.7. The van der Waals surface area contributed by atoms with Gasteiger partial charge in [0.05, 0.1) is 31.4 Å². The third-order valence-corrected chi connectivity index (χ3v) is 8.83. The maximum Gasteiger partial charge on any atom is 0.280 e. The molecule has 1 aromatic carbocycles. The van der Waals surface area contributed by atoms with Gasteiger partial charge in [-0.2, -0.15) is 0 Å². The van der Waals surface area contributed by atoms with E-state index in [9.17, 15) is 22.0 Å². The third kappa shape index (κ3) is 7.44. The lowest BCUT2D eigenvalue weighted by atomic mass is 9.96. The van der Waals surface area contributed by atoms with Crippen LogP contribution in [-0.2, 0) is 9.84 Å². The zero-order valence-corrected chi connectivity index (χ0v) is 23.6. The van der Waals surface area contributed by atoms with E-state index >= 15 is 0 Å². The van der Waals surface area contributed by atoms with E-state index < -0.39 is 27.9 Å². The van der Waals surface area contributed by atoms with E-state index in [1.54, 1.807) is 18.2 Å². The molecule has 2 aliphatic rings. The van der Waals surface area contributed by atoms with Gasteiger partial charge >= 0.3 is 0 Å². The van der Waals surface area contributed by atoms with E-state index in [0.717, 1.165) is 24.2 Å². The van der Waals surface area contributed by atoms with Gasteiger partial charge in [-0.25, -0.2) is 17.2 Å². The topological polar surface area (TPSA) is 114 Å². The summed E-state index contributed by atoms with van der Waals surface area (Å²) in [5.74, 6) is 12.4. The Hall–Kier alpha value is -3.91. The van der Waals surface area contributed by atoms with Crippen LogP contribution in [0.5, 0.6) is 5.75 Å². The van der Waals surface area contributed by atoms with Crippen LogP contribution in [0.15, 0.2) is 30.5 Å². The number of methoxy groups -OCH3 is 1. The molecule has 1 saturated heterocycles. The minimum absolute atomic E-state index is 0.0974. The fourth-order valence-electron chi connectivity index (χ4n) is 4.04. The summed E-state index contributed by atoms with van der Waals surface area (Å²) in [5.41, 5.74) is 0.820. The zero-order chi connectivity index (χ0) is 29.0. The van der Waals surface area contributed by atoms with Gasteiger partial charge in [-0.05, 0) is 48.6 Å². The van der Waals surface area contributed by atoms with Crippen LogP contribution < -0.4 is 10.1 Å². The highest BCUT2D eigenvalue weighted by Crippen LogP contribution is 2.35. The Labute approximate surface area is 240 Å². The Kier molecular flexibility index (Phi) is 8.59. The number of carbonyl (C=O) groups is 1. The molecule has 0 spiro atoms. The third-order valence-electron chi connectivity index (χ3n) is 6.46. The molecule has 5 rings (SSSR count). The summed E-state index contributed by atoms with van der Waals surface area (Å²) in [6.45, 7) is 1.18. The molecule has 13 heteroatoms. The van der Waals surface area contributed by atoms with Crippen LogP contribution in [-0.4, -0.2) is 72.7 Å². The maximum atomic E-state index is 13.6. The first-order valence-electron chi connectivity index (χ1n) is 12.8. The molecule has 3 heterocycles. The van der Waals surface area contributed by atoms with Crippen LogP contribution in [0.2, 0.25) is 0 Å². The van der Waals surface area contributed by atoms with Gasteiger partial charge < -0.3 is 4.74 Å². The van der Waals surface area contributed by atoms with Gasteiger partial charge in [-0.15, -0.1) is 10.2 Å². The van der Waals surface area contributed by atoms with Gasteiger partial charge in [-0.3, -0.25) is 20.0 Å². The van der Waals surface area contributed by atoms with Crippen LogP contribution in [0.3, 0.4) is 0 Å². The van der Waals surface area contributed by atoms with Crippen LogP contribution in [0, 0.1) is 29.6 Å². The SMILES string of the molecule is COc1cnc(C(F)F)cc1-c1cc(C#CCN2CCS(=O)(=O)CC2)ccc1C(=O)Nc1nnc(C#CC2CC2)s1. The highest BCUT2D eigenvalue weighted by atomic mass is 32.2. The van der Waals surface area contributed by atoms with Crippen molar-refractivity contribution in [3.63, 3.8) is 0 Å². The molecular formula is C28H25F2N5O4S2. The van der Waals surface area contributed by atoms with E-state index in [2.05, 4.69) is 44.2 Å². The fourth-order valence-corrected chi connectivity index (χ4v) is 5.91. The highest BCUT2D eigenvalue weighted by Gasteiger charge is 2.22. The number of hydrogen-bond donors (Lipinski definition) is 1. The molecule has 1 aliphatic carbocycles. The number of rotatable bonds is 6. The normalized spacial score (nSPS) is 16.3. The van der Waals surface area contributed by atoms with Crippen molar-refractivity contribution in [2.75, 3.05) is 43.6 Å². The van der Waals surface area contributed by atoms with Gasteiger partial charge in [0.15, 0.2) is 14.8 Å². The zero-order valence-electron chi connectivity index (χ0n) is 22.0. The van der Waals surface area contributed by atoms with Crippen molar-refractivity contribution in [3.8, 4) is 40.6 Å². The van der Waals surface area contributed by atoms with Crippen LogP contribution in [0.25, 0.3) is 11.1 Å². The number of aromatic nitrogens is 3. The molecule has 2 aromatic heterocycles. The van der Waals surface area contributed by atoms with Crippen LogP contribution >= 0.6 is 11.3 Å². The number of benzene rings is 1. The number of hydrogen-bond acceptors (Lipinski definition) is 9. The summed E-state index contributed by atoms with van der Waals surface area (Å²) in [5, 5.41) is 11.5. The number of ether oxygens (including phenoxy) is 1. The lowest BCUT2D eigenvalue weighted by Crippen LogP contribution is -2.40. The molecule has 0 atom stereocenters. The number of amides is 1. The van der Waals surface area contributed by atoms with Crippen molar-refractivity contribution < 1.29 is 26.7 Å². The minimum Gasteiger partial charge on any atom is -0.494 e. The number of pyridine rings is 1. The average Bonchev–Trinajstić information content (AvgIpc) is 3.69. The Morgan fingerprint density at radius 3 is 2.66 bits per heavy atom. The summed E-state index contributed by atoms with van der Waals surface area (Å²) < 4.78 is 55.9. The van der Waals surface area contributed by atoms with Gasteiger partial charge in [-0.1, -0.05) is 29.1 Å². The summed E-state index contributed by atoms with van der Waals surface area (Å²) in [7, 11) is -1.61. The second-order valence-electron chi connectivity index (χ2n) is 9.51. The van der Waals surface area contributed by atoms with Crippen molar-refractivity contribution in [3.05, 3.63) is 52.3 Å². The molecule has 0 unspecified atom stereocenters. The highest BCUT2D eigenvalue weighted by molar-refractivity contribution is 7.91. The fraction of sp³-hybridized carbons (Fsp3) is 0.357. The van der Waals surface area contributed by atoms with Gasteiger partial charge in [0.1, 0.15) is 11.4 Å². The Morgan fingerprint density at radius 1 is 1.17 bits per heavy atom. The predicted octanol–water partition coefficient (Wildman–Crippen LogP) is 3.64. The molecule has 0 radical (unpaired) electrons. The predicted molar refractivity (Wildman–Crippen MR) is 151 cm³/mol. The van der Waals surface area contributed by atoms with Gasteiger partial charge in [0.25, 0.3) is 12.3 Å². The largest absolute Gasteiger partial charge is 0.494 e. The lowest BCUT2D eigenvalue weighted by molar-refractivity contribution is 0.102. The van der Waals surface area contributed by atoms with Crippen LogP contribution in [0.4, 0.5) is 13.9 Å². The number of nitrogens with zero attached hydrogens (tertiary/aromatic N) is 4. The molecule has 0 bridgehead atoms. The first kappa shape index (κ1) is 28.6. The van der Waals surface area contributed by atoms with Crippen molar-refractivity contribution in [1.82, 2.24) is 20.1 Å². The number of alkyl halides is 2. The second-order valence-corrected chi connectivity index (χ2v) is 12.8. The van der Waals surface area contributed by atoms with Crippen molar-refractivity contribution in [2.24, 2.45) is 5.92 Å². The maximum absolute atomic E-state index is 13.6. The number of nitrogens with one attached hydrogen (secondary N) is 1. The quantitative estimate of drug-likeness (QED) is 0.429. The molecule has 1 saturated carbocycles. The Balaban J connectivity index is 1.44. The van der Waals surface area contributed by atoms with E-state index in [-0.39, 0.29) is 33.5 Å². The number of sulfone groups is 1. The second kappa shape index (κ2) is 12.3. The van der Waals surface area contributed by atoms with Crippen LogP contribution in [0.1, 0.15) is 45.9 Å². The van der Waals surface area contributed by atoms with E-state index in [4.69, 9.17) is 4.74 Å². The Morgan fingerprint density at radius 2 is 1.95 bits per heavy atom. The summed E-state index contributed by atoms with van der Waals surface area (Å²) in [4.78, 5) is 19.1. The standard InChI is InChI=1S/C28H25F2N5O4S2/c1-39-24-17-31-23(26(29)30)16-22(24)21-15-19(3-2-10-35-11-13-41(37,38)14-12-35)6-8-20(21)27(36)32-28-34-33-25(40-28)9-7-18-4-5-18/h6,8,15-18,26H,4-5,10-14H2,1H3,(H,32,34,36). The minimum atomic E-state index is -3.00. The molecule has 41 heavy (non-hydrogen) atoms. The smallest absolute Gasteiger partial charge is 0.280 e. The lowest BCUT2D eigenvalue weighted by Gasteiger charge is -2.24. The summed E-state index contributed by atoms with van der Waals surface area (Å²) in [6.07, 6.45) is 0.515. The van der Waals surface area contributed by atoms with E-state index in [1.165, 1.54) is 19.4 Å². The molecule has 1 N–H and O–H groups in total. The number of carbonyl (C=O) groups excluding carboxylic acids is 1. The monoisotopic (exact) mass is 597 g/mol. The molecule has 2 fully saturated rings.